The van der Waals surface area contributed by atoms with Gasteiger partial charge >= 0.3 is 24.1 Å². The Morgan fingerprint density at radius 2 is 1.66 bits per heavy atom. The topological polar surface area (TPSA) is 92.0 Å². The van der Waals surface area contributed by atoms with Gasteiger partial charge in [0.15, 0.2) is 18.5 Å². The lowest BCUT2D eigenvalue weighted by atomic mass is 10.1. The number of nitrogens with zero attached hydrogens (tertiary/aromatic N) is 1. The van der Waals surface area contributed by atoms with E-state index >= 15 is 0 Å². The molecule has 0 unspecified atom stereocenters. The highest BCUT2D eigenvalue weighted by atomic mass is 32.1. The molecule has 9 heteroatoms. The van der Waals surface area contributed by atoms with Crippen LogP contribution in [0.1, 0.15) is 32.6 Å². The molecule has 0 saturated carbocycles. The van der Waals surface area contributed by atoms with Gasteiger partial charge in [0.2, 0.25) is 6.10 Å². The molecule has 0 N–H and O–H groups in total. The van der Waals surface area contributed by atoms with E-state index in [1.165, 1.54) is 20.8 Å². The van der Waals surface area contributed by atoms with Crippen LogP contribution in [0.25, 0.3) is 0 Å². The van der Waals surface area contributed by atoms with Gasteiger partial charge in [-0.3, -0.25) is 14.4 Å². The van der Waals surface area contributed by atoms with E-state index in [0.29, 0.717) is 0 Å². The van der Waals surface area contributed by atoms with Crippen LogP contribution in [0.5, 0.6) is 0 Å². The van der Waals surface area contributed by atoms with Crippen LogP contribution in [0.15, 0.2) is 59.8 Å². The third-order valence-corrected chi connectivity index (χ3v) is 5.62. The minimum atomic E-state index is -0.927. The highest BCUT2D eigenvalue weighted by molar-refractivity contribution is 7.97. The fourth-order valence-corrected chi connectivity index (χ4v) is 4.14. The normalized spacial score (nSPS) is 22.7. The summed E-state index contributed by atoms with van der Waals surface area (Å²) in [5.74, 6) is -1.59. The molecule has 4 atom stereocenters. The van der Waals surface area contributed by atoms with Crippen LogP contribution in [0.2, 0.25) is 0 Å². The summed E-state index contributed by atoms with van der Waals surface area (Å²) < 4.78 is 23.8. The molecule has 1 aliphatic rings. The Morgan fingerprint density at radius 3 is 2.31 bits per heavy atom. The average Bonchev–Trinajstić information content (AvgIpc) is 3.07. The zero-order valence-corrected chi connectivity index (χ0v) is 18.9. The third-order valence-electron chi connectivity index (χ3n) is 4.60. The Morgan fingerprint density at radius 1 is 0.969 bits per heavy atom. The first-order valence-corrected chi connectivity index (χ1v) is 11.0. The van der Waals surface area contributed by atoms with Gasteiger partial charge in [-0.15, -0.1) is 0 Å². The summed E-state index contributed by atoms with van der Waals surface area (Å²) in [6, 6.07) is 13.8. The van der Waals surface area contributed by atoms with Crippen molar-refractivity contribution >= 4 is 34.6 Å². The summed E-state index contributed by atoms with van der Waals surface area (Å²) in [5, 5.41) is 2.04. The standard InChI is InChI=1S/C23H26NO7S/c1-15(25)28-13-20-21(29-16(2)26)22(30-17(3)27)23(31-20)24-11-7-8-18(12-24)14-32-19-9-5-4-6-10-19/h4-12,14,20-23,32H,13H2,1-3H3/q+1/t20-,21-,22-,23-/m1/s1. The van der Waals surface area contributed by atoms with Crippen LogP contribution in [0.4, 0.5) is 0 Å². The zero-order chi connectivity index (χ0) is 23.1. The maximum atomic E-state index is 11.8. The first kappa shape index (κ1) is 23.6. The van der Waals surface area contributed by atoms with Gasteiger partial charge in [0.1, 0.15) is 12.7 Å². The number of carbonyl (C=O) groups excluding carboxylic acids is 3. The van der Waals surface area contributed by atoms with Gasteiger partial charge in [-0.05, 0) is 28.5 Å². The molecule has 3 rings (SSSR count). The molecule has 1 aliphatic heterocycles. The molecule has 0 spiro atoms. The van der Waals surface area contributed by atoms with Gasteiger partial charge in [-0.25, -0.2) is 0 Å². The number of rotatable bonds is 7. The molecule has 170 valence electrons. The first-order valence-electron chi connectivity index (χ1n) is 10.1. The van der Waals surface area contributed by atoms with E-state index < -0.39 is 42.4 Å². The van der Waals surface area contributed by atoms with Gasteiger partial charge in [-0.1, -0.05) is 18.2 Å². The van der Waals surface area contributed by atoms with E-state index in [-0.39, 0.29) is 6.61 Å². The molecule has 32 heavy (non-hydrogen) atoms. The lowest BCUT2D eigenvalue weighted by molar-refractivity contribution is -0.765. The maximum Gasteiger partial charge on any atom is 0.304 e. The smallest absolute Gasteiger partial charge is 0.304 e. The summed E-state index contributed by atoms with van der Waals surface area (Å²) in [6.45, 7) is 3.67. The number of pyridine rings is 1. The minimum Gasteiger partial charge on any atom is -0.463 e. The monoisotopic (exact) mass is 460 g/mol. The molecule has 0 aliphatic carbocycles. The van der Waals surface area contributed by atoms with Crippen LogP contribution in [0.3, 0.4) is 0 Å². The number of carbonyl (C=O) groups is 3. The molecule has 0 radical (unpaired) electrons. The maximum absolute atomic E-state index is 11.8. The minimum absolute atomic E-state index is 0.138. The summed E-state index contributed by atoms with van der Waals surface area (Å²) in [7, 11) is 0. The Labute approximate surface area is 190 Å². The molecule has 2 heterocycles. The summed E-state index contributed by atoms with van der Waals surface area (Å²) in [4.78, 5) is 35.9. The van der Waals surface area contributed by atoms with Crippen LogP contribution < -0.4 is 4.57 Å². The number of benzene rings is 1. The molecule has 1 saturated heterocycles. The molecule has 0 bridgehead atoms. The lowest BCUT2D eigenvalue weighted by Gasteiger charge is -2.21. The number of thiol groups is 1. The molecule has 0 amide bonds. The average molecular weight is 461 g/mol. The van der Waals surface area contributed by atoms with Crippen molar-refractivity contribution in [3.63, 3.8) is 0 Å². The van der Waals surface area contributed by atoms with E-state index in [2.05, 4.69) is 0 Å². The molecule has 1 aromatic carbocycles. The number of esters is 3. The van der Waals surface area contributed by atoms with Crippen molar-refractivity contribution in [1.82, 2.24) is 0 Å². The van der Waals surface area contributed by atoms with E-state index in [9.17, 15) is 14.4 Å². The summed E-state index contributed by atoms with van der Waals surface area (Å²) in [5.41, 5.74) is 0.927. The van der Waals surface area contributed by atoms with Crippen LogP contribution in [0, 0.1) is 0 Å². The SMILES string of the molecule is CC(=O)OC[C@H]1O[C@@H]([n+]2cccc(C=[SH]c3ccccc3)c2)[C@H](OC(C)=O)[C@@H]1OC(C)=O. The van der Waals surface area contributed by atoms with E-state index in [4.69, 9.17) is 18.9 Å². The Kier molecular flexibility index (Phi) is 8.13. The van der Waals surface area contributed by atoms with Crippen LogP contribution >= 0.6 is 11.4 Å². The number of hydrogen-bond donors (Lipinski definition) is 1. The van der Waals surface area contributed by atoms with Crippen molar-refractivity contribution in [2.45, 2.75) is 50.2 Å². The van der Waals surface area contributed by atoms with Crippen molar-refractivity contribution < 1.29 is 37.9 Å². The molecular formula is C23H26NO7S+. The Bertz CT molecular complexity index is 995. The quantitative estimate of drug-likeness (QED) is 0.222. The van der Waals surface area contributed by atoms with E-state index in [0.717, 1.165) is 21.8 Å². The molecule has 1 fully saturated rings. The molecule has 2 aromatic rings. The predicted molar refractivity (Wildman–Crippen MR) is 117 cm³/mol. The number of ether oxygens (including phenoxy) is 4. The zero-order valence-electron chi connectivity index (χ0n) is 18.0. The van der Waals surface area contributed by atoms with Gasteiger partial charge < -0.3 is 18.9 Å². The van der Waals surface area contributed by atoms with Crippen LogP contribution in [-0.2, 0) is 33.3 Å². The second kappa shape index (κ2) is 11.0. The fourth-order valence-electron chi connectivity index (χ4n) is 3.34. The van der Waals surface area contributed by atoms with E-state index in [1.807, 2.05) is 54.0 Å². The molecule has 1 aromatic heterocycles. The summed E-state index contributed by atoms with van der Waals surface area (Å²) >= 11 is 1.02. The Hall–Kier alpha value is -3.04. The fraction of sp³-hybridized carbons (Fsp3) is 0.348. The third kappa shape index (κ3) is 6.48. The number of hydrogen-bond acceptors (Lipinski definition) is 7. The second-order valence-corrected chi connectivity index (χ2v) is 8.23. The van der Waals surface area contributed by atoms with Crippen molar-refractivity contribution in [1.29, 1.82) is 0 Å². The van der Waals surface area contributed by atoms with Gasteiger partial charge in [0.05, 0.1) is 0 Å². The lowest BCUT2D eigenvalue weighted by Crippen LogP contribution is -2.48. The molecule has 8 nitrogen and oxygen atoms in total. The van der Waals surface area contributed by atoms with Crippen molar-refractivity contribution in [3.05, 3.63) is 60.4 Å². The highest BCUT2D eigenvalue weighted by Crippen LogP contribution is 2.31. The summed E-state index contributed by atoms with van der Waals surface area (Å²) in [6.07, 6.45) is 0.227. The second-order valence-electron chi connectivity index (χ2n) is 7.19. The number of aromatic nitrogens is 1. The Balaban J connectivity index is 1.89. The van der Waals surface area contributed by atoms with Crippen molar-refractivity contribution in [2.75, 3.05) is 6.61 Å². The predicted octanol–water partition coefficient (Wildman–Crippen LogP) is 1.97. The van der Waals surface area contributed by atoms with Crippen LogP contribution in [-0.4, -0.2) is 48.2 Å². The molecular weight excluding hydrogens is 434 g/mol. The first-order chi connectivity index (χ1) is 15.3. The van der Waals surface area contributed by atoms with Gasteiger partial charge in [0, 0.05) is 32.4 Å². The highest BCUT2D eigenvalue weighted by Gasteiger charge is 2.54. The van der Waals surface area contributed by atoms with Crippen molar-refractivity contribution in [2.24, 2.45) is 0 Å². The van der Waals surface area contributed by atoms with E-state index in [1.54, 1.807) is 10.8 Å². The van der Waals surface area contributed by atoms with Crippen molar-refractivity contribution in [3.8, 4) is 0 Å². The largest absolute Gasteiger partial charge is 0.463 e. The van der Waals surface area contributed by atoms with Gasteiger partial charge in [-0.2, -0.15) is 15.9 Å². The van der Waals surface area contributed by atoms with Gasteiger partial charge in [0.25, 0.3) is 0 Å².